The number of rotatable bonds is 2. The number of nitrogens with zero attached hydrogens (tertiary/aromatic N) is 1. The van der Waals surface area contributed by atoms with Crippen LogP contribution in [0.15, 0.2) is 10.9 Å². The third kappa shape index (κ3) is 3.96. The van der Waals surface area contributed by atoms with Gasteiger partial charge in [-0.15, -0.1) is 12.4 Å². The number of carbonyl (C=O) groups is 2. The second kappa shape index (κ2) is 7.30. The van der Waals surface area contributed by atoms with E-state index in [2.05, 4.69) is 10.3 Å². The maximum Gasteiger partial charge on any atom is 0.261 e. The van der Waals surface area contributed by atoms with Crippen LogP contribution in [0.25, 0.3) is 0 Å². The Balaban J connectivity index is 0.00000225. The molecule has 1 aliphatic heterocycles. The van der Waals surface area contributed by atoms with Crippen LogP contribution in [0.3, 0.4) is 0 Å². The first-order valence-corrected chi connectivity index (χ1v) is 8.57. The van der Waals surface area contributed by atoms with Gasteiger partial charge in [-0.25, -0.2) is 0 Å². The minimum Gasteiger partial charge on any atom is -0.337 e. The van der Waals surface area contributed by atoms with Crippen LogP contribution in [0.2, 0.25) is 0 Å². The molecule has 1 aromatic heterocycles. The predicted molar refractivity (Wildman–Crippen MR) is 98.7 cm³/mol. The summed E-state index contributed by atoms with van der Waals surface area (Å²) in [5, 5.41) is 3.19. The number of pyridine rings is 1. The first-order valence-electron chi connectivity index (χ1n) is 8.57. The van der Waals surface area contributed by atoms with Crippen molar-refractivity contribution < 1.29 is 9.59 Å². The molecule has 2 N–H and O–H groups in total. The summed E-state index contributed by atoms with van der Waals surface area (Å²) in [6.07, 6.45) is 3.01. The highest BCUT2D eigenvalue weighted by Gasteiger charge is 2.33. The van der Waals surface area contributed by atoms with Gasteiger partial charge in [0.05, 0.1) is 0 Å². The van der Waals surface area contributed by atoms with E-state index in [-0.39, 0.29) is 41.1 Å². The van der Waals surface area contributed by atoms with E-state index in [1.165, 1.54) is 6.07 Å². The first kappa shape index (κ1) is 19.7. The number of aromatic nitrogens is 1. The lowest BCUT2D eigenvalue weighted by molar-refractivity contribution is 0.0696. The molecule has 1 atom stereocenters. The molecule has 0 spiro atoms. The molecular formula is C18H26ClN3O3. The standard InChI is InChI=1S/C18H25N3O3.ClH/c1-18(2)8-14-12(15(22)9-18)7-13(16(23)20-14)17(24)21-6-4-5-11(10-21)19-3;/h7,11,19H,4-6,8-10H2,1-3H3,(H,20,23);1H. The number of amides is 1. The highest BCUT2D eigenvalue weighted by atomic mass is 35.5. The first-order chi connectivity index (χ1) is 11.3. The van der Waals surface area contributed by atoms with E-state index < -0.39 is 5.56 Å². The molecule has 25 heavy (non-hydrogen) atoms. The molecule has 1 aliphatic carbocycles. The lowest BCUT2D eigenvalue weighted by Crippen LogP contribution is -2.48. The quantitative estimate of drug-likeness (QED) is 0.834. The number of H-pyrrole nitrogens is 1. The molecule has 1 aromatic rings. The van der Waals surface area contributed by atoms with Crippen molar-refractivity contribution in [3.8, 4) is 0 Å². The molecule has 2 aliphatic rings. The third-order valence-electron chi connectivity index (χ3n) is 5.06. The van der Waals surface area contributed by atoms with Gasteiger partial charge in [0, 0.05) is 36.8 Å². The minimum atomic E-state index is -0.393. The Morgan fingerprint density at radius 1 is 1.32 bits per heavy atom. The zero-order valence-electron chi connectivity index (χ0n) is 15.0. The van der Waals surface area contributed by atoms with Crippen molar-refractivity contribution in [1.29, 1.82) is 0 Å². The second-order valence-electron chi connectivity index (χ2n) is 7.72. The molecule has 0 aromatic carbocycles. The lowest BCUT2D eigenvalue weighted by Gasteiger charge is -2.33. The van der Waals surface area contributed by atoms with Gasteiger partial charge in [0.2, 0.25) is 0 Å². The number of piperidine rings is 1. The molecule has 1 amide bonds. The maximum absolute atomic E-state index is 12.8. The van der Waals surface area contributed by atoms with E-state index in [4.69, 9.17) is 0 Å². The molecule has 1 saturated heterocycles. The lowest BCUT2D eigenvalue weighted by atomic mass is 9.75. The maximum atomic E-state index is 12.8. The molecular weight excluding hydrogens is 342 g/mol. The highest BCUT2D eigenvalue weighted by molar-refractivity contribution is 6.02. The van der Waals surface area contributed by atoms with Crippen molar-refractivity contribution in [2.24, 2.45) is 5.41 Å². The smallest absolute Gasteiger partial charge is 0.261 e. The van der Waals surface area contributed by atoms with Gasteiger partial charge in [0.15, 0.2) is 5.78 Å². The average molecular weight is 368 g/mol. The van der Waals surface area contributed by atoms with Crippen molar-refractivity contribution in [3.05, 3.63) is 33.2 Å². The Labute approximate surface area is 153 Å². The van der Waals surface area contributed by atoms with E-state index >= 15 is 0 Å². The highest BCUT2D eigenvalue weighted by Crippen LogP contribution is 2.33. The summed E-state index contributed by atoms with van der Waals surface area (Å²) in [6, 6.07) is 1.76. The zero-order chi connectivity index (χ0) is 17.5. The monoisotopic (exact) mass is 367 g/mol. The zero-order valence-corrected chi connectivity index (χ0v) is 15.8. The van der Waals surface area contributed by atoms with Crippen LogP contribution in [0, 0.1) is 5.41 Å². The summed E-state index contributed by atoms with van der Waals surface area (Å²) in [5.41, 5.74) is 0.684. The van der Waals surface area contributed by atoms with Crippen LogP contribution in [-0.2, 0) is 6.42 Å². The van der Waals surface area contributed by atoms with Crippen LogP contribution in [0.4, 0.5) is 0 Å². The normalized spacial score (nSPS) is 22.1. The number of carbonyl (C=O) groups excluding carboxylic acids is 2. The number of likely N-dealkylation sites (N-methyl/N-ethyl adjacent to an activating group) is 1. The molecule has 7 heteroatoms. The van der Waals surface area contributed by atoms with E-state index in [1.54, 1.807) is 4.90 Å². The van der Waals surface area contributed by atoms with Crippen LogP contribution in [0.5, 0.6) is 0 Å². The minimum absolute atomic E-state index is 0. The average Bonchev–Trinajstić information content (AvgIpc) is 2.52. The molecule has 0 radical (unpaired) electrons. The van der Waals surface area contributed by atoms with Crippen molar-refractivity contribution >= 4 is 24.1 Å². The molecule has 0 bridgehead atoms. The van der Waals surface area contributed by atoms with Gasteiger partial charge in [-0.2, -0.15) is 0 Å². The summed E-state index contributed by atoms with van der Waals surface area (Å²) in [5.74, 6) is -0.282. The molecule has 2 heterocycles. The van der Waals surface area contributed by atoms with Crippen LogP contribution in [-0.4, -0.2) is 47.8 Å². The van der Waals surface area contributed by atoms with E-state index in [0.717, 1.165) is 12.8 Å². The Morgan fingerprint density at radius 3 is 2.72 bits per heavy atom. The number of Topliss-reactive ketones (excluding diaryl/α,β-unsaturated/α-hetero) is 1. The fourth-order valence-electron chi connectivity index (χ4n) is 3.75. The van der Waals surface area contributed by atoms with Crippen LogP contribution < -0.4 is 10.9 Å². The Bertz CT molecular complexity index is 742. The Hall–Kier alpha value is -1.66. The van der Waals surface area contributed by atoms with Crippen LogP contribution >= 0.6 is 12.4 Å². The molecule has 3 rings (SSSR count). The van der Waals surface area contributed by atoms with Crippen molar-refractivity contribution in [1.82, 2.24) is 15.2 Å². The van der Waals surface area contributed by atoms with E-state index in [0.29, 0.717) is 37.2 Å². The largest absolute Gasteiger partial charge is 0.337 e. The summed E-state index contributed by atoms with van der Waals surface area (Å²) in [4.78, 5) is 42.1. The van der Waals surface area contributed by atoms with Gasteiger partial charge in [0.1, 0.15) is 5.56 Å². The predicted octanol–water partition coefficient (Wildman–Crippen LogP) is 1.78. The van der Waals surface area contributed by atoms with Gasteiger partial charge in [-0.1, -0.05) is 13.8 Å². The van der Waals surface area contributed by atoms with Gasteiger partial charge in [0.25, 0.3) is 11.5 Å². The van der Waals surface area contributed by atoms with E-state index in [1.807, 2.05) is 20.9 Å². The van der Waals surface area contributed by atoms with Crippen molar-refractivity contribution in [2.75, 3.05) is 20.1 Å². The number of hydrogen-bond donors (Lipinski definition) is 2. The molecule has 0 saturated carbocycles. The molecule has 1 fully saturated rings. The number of likely N-dealkylation sites (tertiary alicyclic amines) is 1. The van der Waals surface area contributed by atoms with Crippen molar-refractivity contribution in [2.45, 2.75) is 45.6 Å². The number of fused-ring (bicyclic) bond motifs is 1. The number of hydrogen-bond acceptors (Lipinski definition) is 4. The number of nitrogens with one attached hydrogen (secondary N) is 2. The fourth-order valence-corrected chi connectivity index (χ4v) is 3.75. The fraction of sp³-hybridized carbons (Fsp3) is 0.611. The van der Waals surface area contributed by atoms with Gasteiger partial charge < -0.3 is 15.2 Å². The van der Waals surface area contributed by atoms with E-state index in [9.17, 15) is 14.4 Å². The van der Waals surface area contributed by atoms with Crippen LogP contribution in [0.1, 0.15) is 59.5 Å². The summed E-state index contributed by atoms with van der Waals surface area (Å²) in [6.45, 7) is 5.26. The Morgan fingerprint density at radius 2 is 2.04 bits per heavy atom. The number of aromatic amines is 1. The SMILES string of the molecule is CNC1CCCN(C(=O)c2cc3c([nH]c2=O)CC(C)(C)CC3=O)C1.Cl. The Kier molecular flexibility index (Phi) is 5.74. The summed E-state index contributed by atoms with van der Waals surface area (Å²) >= 11 is 0. The second-order valence-corrected chi connectivity index (χ2v) is 7.72. The van der Waals surface area contributed by atoms with Gasteiger partial charge in [-0.05, 0) is 37.8 Å². The number of halogens is 1. The topological polar surface area (TPSA) is 82.3 Å². The van der Waals surface area contributed by atoms with Gasteiger partial charge >= 0.3 is 0 Å². The summed E-state index contributed by atoms with van der Waals surface area (Å²) in [7, 11) is 1.88. The molecule has 1 unspecified atom stereocenters. The molecule has 6 nitrogen and oxygen atoms in total. The third-order valence-corrected chi connectivity index (χ3v) is 5.06. The van der Waals surface area contributed by atoms with Gasteiger partial charge in [-0.3, -0.25) is 14.4 Å². The molecule has 138 valence electrons. The summed E-state index contributed by atoms with van der Waals surface area (Å²) < 4.78 is 0. The number of ketones is 1. The van der Waals surface area contributed by atoms with Crippen molar-refractivity contribution in [3.63, 3.8) is 0 Å².